The van der Waals surface area contributed by atoms with Crippen LogP contribution < -0.4 is 5.32 Å². The molecule has 1 aliphatic heterocycles. The monoisotopic (exact) mass is 266 g/mol. The topological polar surface area (TPSA) is 15.3 Å². The van der Waals surface area contributed by atoms with Crippen LogP contribution >= 0.6 is 0 Å². The van der Waals surface area contributed by atoms with Crippen molar-refractivity contribution in [1.29, 1.82) is 0 Å². The third-order valence-electron chi connectivity index (χ3n) is 5.36. The Labute approximate surface area is 120 Å². The maximum atomic E-state index is 3.83. The maximum Gasteiger partial charge on any atom is 0.0116 e. The third-order valence-corrected chi connectivity index (χ3v) is 5.36. The van der Waals surface area contributed by atoms with Gasteiger partial charge in [0, 0.05) is 12.1 Å². The zero-order valence-corrected chi connectivity index (χ0v) is 13.2. The molecule has 2 unspecified atom stereocenters. The molecule has 2 atom stereocenters. The van der Waals surface area contributed by atoms with Crippen molar-refractivity contribution in [2.24, 2.45) is 5.92 Å². The first kappa shape index (κ1) is 15.3. The number of rotatable bonds is 2. The first-order valence-corrected chi connectivity index (χ1v) is 8.67. The van der Waals surface area contributed by atoms with Crippen molar-refractivity contribution in [2.75, 3.05) is 20.6 Å². The third kappa shape index (κ3) is 5.07. The van der Waals surface area contributed by atoms with E-state index < -0.39 is 0 Å². The van der Waals surface area contributed by atoms with Crippen molar-refractivity contribution in [3.63, 3.8) is 0 Å². The number of hydrogen-bond acceptors (Lipinski definition) is 2. The van der Waals surface area contributed by atoms with E-state index in [4.69, 9.17) is 0 Å². The lowest BCUT2D eigenvalue weighted by Crippen LogP contribution is -2.48. The van der Waals surface area contributed by atoms with Gasteiger partial charge in [-0.2, -0.15) is 0 Å². The van der Waals surface area contributed by atoms with Crippen LogP contribution in [0.2, 0.25) is 0 Å². The van der Waals surface area contributed by atoms with E-state index >= 15 is 0 Å². The summed E-state index contributed by atoms with van der Waals surface area (Å²) in [6.07, 6.45) is 16.0. The zero-order valence-electron chi connectivity index (χ0n) is 13.2. The molecule has 0 aromatic heterocycles. The molecule has 2 nitrogen and oxygen atoms in total. The van der Waals surface area contributed by atoms with Crippen molar-refractivity contribution >= 4 is 0 Å². The Morgan fingerprint density at radius 2 is 1.37 bits per heavy atom. The molecule has 0 amide bonds. The van der Waals surface area contributed by atoms with Crippen LogP contribution in [0.3, 0.4) is 0 Å². The Hall–Kier alpha value is -0.0800. The molecule has 1 saturated heterocycles. The van der Waals surface area contributed by atoms with Gasteiger partial charge in [-0.3, -0.25) is 0 Å². The summed E-state index contributed by atoms with van der Waals surface area (Å²) in [5.74, 6) is 0.945. The van der Waals surface area contributed by atoms with Gasteiger partial charge in [-0.05, 0) is 52.2 Å². The predicted octanol–water partition coefficient (Wildman–Crippen LogP) is 3.81. The summed E-state index contributed by atoms with van der Waals surface area (Å²) in [5, 5.41) is 3.83. The largest absolute Gasteiger partial charge is 0.314 e. The van der Waals surface area contributed by atoms with Crippen LogP contribution in [0.15, 0.2) is 0 Å². The Morgan fingerprint density at radius 1 is 0.789 bits per heavy atom. The average Bonchev–Trinajstić information content (AvgIpc) is 2.44. The lowest BCUT2D eigenvalue weighted by Gasteiger charge is -2.38. The fraction of sp³-hybridized carbons (Fsp3) is 1.00. The molecule has 1 heterocycles. The minimum Gasteiger partial charge on any atom is -0.314 e. The van der Waals surface area contributed by atoms with Crippen molar-refractivity contribution in [3.05, 3.63) is 0 Å². The van der Waals surface area contributed by atoms with Crippen molar-refractivity contribution in [2.45, 2.75) is 82.7 Å². The standard InChI is InChI=1S/C17H34N2/c1-19(2)16-12-13-18-17(14-16)15-10-8-6-4-3-5-7-9-11-15/h15-18H,3-14H2,1-2H3. The SMILES string of the molecule is CN(C)C1CCNC(C2CCCCCCCCC2)C1. The Bertz CT molecular complexity index is 229. The summed E-state index contributed by atoms with van der Waals surface area (Å²) in [5.41, 5.74) is 0. The summed E-state index contributed by atoms with van der Waals surface area (Å²) in [6, 6.07) is 1.60. The van der Waals surface area contributed by atoms with Gasteiger partial charge in [0.25, 0.3) is 0 Å². The molecule has 2 rings (SSSR count). The highest BCUT2D eigenvalue weighted by atomic mass is 15.1. The highest BCUT2D eigenvalue weighted by Gasteiger charge is 2.28. The molecule has 0 aromatic rings. The first-order valence-electron chi connectivity index (χ1n) is 8.67. The first-order chi connectivity index (χ1) is 9.27. The molecule has 0 radical (unpaired) electrons. The van der Waals surface area contributed by atoms with E-state index in [9.17, 15) is 0 Å². The second kappa shape index (κ2) is 8.26. The fourth-order valence-electron chi connectivity index (χ4n) is 4.00. The average molecular weight is 266 g/mol. The molecule has 1 aliphatic carbocycles. The Balaban J connectivity index is 1.85. The Morgan fingerprint density at radius 3 is 1.95 bits per heavy atom. The second-order valence-corrected chi connectivity index (χ2v) is 7.01. The summed E-state index contributed by atoms with van der Waals surface area (Å²) in [6.45, 7) is 1.23. The van der Waals surface area contributed by atoms with Gasteiger partial charge in [-0.1, -0.05) is 44.9 Å². The van der Waals surface area contributed by atoms with Gasteiger partial charge in [0.05, 0.1) is 0 Å². The lowest BCUT2D eigenvalue weighted by atomic mass is 9.82. The van der Waals surface area contributed by atoms with Gasteiger partial charge in [-0.15, -0.1) is 0 Å². The van der Waals surface area contributed by atoms with Gasteiger partial charge >= 0.3 is 0 Å². The van der Waals surface area contributed by atoms with Crippen LogP contribution in [-0.2, 0) is 0 Å². The second-order valence-electron chi connectivity index (χ2n) is 7.01. The fourth-order valence-corrected chi connectivity index (χ4v) is 4.00. The van der Waals surface area contributed by atoms with E-state index in [1.54, 1.807) is 0 Å². The van der Waals surface area contributed by atoms with Crippen LogP contribution in [0.25, 0.3) is 0 Å². The van der Waals surface area contributed by atoms with Gasteiger partial charge in [0.1, 0.15) is 0 Å². The van der Waals surface area contributed by atoms with Gasteiger partial charge < -0.3 is 10.2 Å². The number of nitrogens with zero attached hydrogens (tertiary/aromatic N) is 1. The molecule has 2 fully saturated rings. The molecular formula is C17H34N2. The molecule has 2 aliphatic rings. The molecular weight excluding hydrogens is 232 g/mol. The van der Waals surface area contributed by atoms with E-state index in [1.165, 1.54) is 77.2 Å². The smallest absolute Gasteiger partial charge is 0.0116 e. The molecule has 0 aromatic carbocycles. The number of hydrogen-bond donors (Lipinski definition) is 1. The summed E-state index contributed by atoms with van der Waals surface area (Å²) >= 11 is 0. The molecule has 0 spiro atoms. The minimum absolute atomic E-state index is 0.792. The molecule has 0 bridgehead atoms. The van der Waals surface area contributed by atoms with E-state index in [0.717, 1.165) is 18.0 Å². The van der Waals surface area contributed by atoms with Crippen molar-refractivity contribution < 1.29 is 0 Å². The molecule has 19 heavy (non-hydrogen) atoms. The highest BCUT2D eigenvalue weighted by molar-refractivity contribution is 4.87. The predicted molar refractivity (Wildman–Crippen MR) is 83.5 cm³/mol. The lowest BCUT2D eigenvalue weighted by molar-refractivity contribution is 0.164. The highest BCUT2D eigenvalue weighted by Crippen LogP contribution is 2.28. The van der Waals surface area contributed by atoms with Crippen LogP contribution in [0.4, 0.5) is 0 Å². The quantitative estimate of drug-likeness (QED) is 0.817. The summed E-state index contributed by atoms with van der Waals surface area (Å²) < 4.78 is 0. The van der Waals surface area contributed by atoms with Gasteiger partial charge in [0.2, 0.25) is 0 Å². The van der Waals surface area contributed by atoms with Crippen LogP contribution in [0.5, 0.6) is 0 Å². The normalized spacial score (nSPS) is 32.4. The number of piperidine rings is 1. The number of nitrogens with one attached hydrogen (secondary N) is 1. The Kier molecular flexibility index (Phi) is 6.66. The zero-order chi connectivity index (χ0) is 13.5. The van der Waals surface area contributed by atoms with Crippen molar-refractivity contribution in [3.8, 4) is 0 Å². The van der Waals surface area contributed by atoms with Crippen LogP contribution in [-0.4, -0.2) is 37.6 Å². The summed E-state index contributed by atoms with van der Waals surface area (Å²) in [4.78, 5) is 2.44. The maximum absolute atomic E-state index is 3.83. The van der Waals surface area contributed by atoms with E-state index in [1.807, 2.05) is 0 Å². The molecule has 112 valence electrons. The minimum atomic E-state index is 0.792. The van der Waals surface area contributed by atoms with Crippen molar-refractivity contribution in [1.82, 2.24) is 10.2 Å². The van der Waals surface area contributed by atoms with Gasteiger partial charge in [0.15, 0.2) is 0 Å². The van der Waals surface area contributed by atoms with E-state index in [2.05, 4.69) is 24.3 Å². The van der Waals surface area contributed by atoms with Crippen LogP contribution in [0, 0.1) is 5.92 Å². The summed E-state index contributed by atoms with van der Waals surface area (Å²) in [7, 11) is 4.50. The van der Waals surface area contributed by atoms with Crippen LogP contribution in [0.1, 0.15) is 70.6 Å². The van der Waals surface area contributed by atoms with Gasteiger partial charge in [-0.25, -0.2) is 0 Å². The molecule has 1 saturated carbocycles. The van der Waals surface area contributed by atoms with E-state index in [0.29, 0.717) is 0 Å². The van der Waals surface area contributed by atoms with E-state index in [-0.39, 0.29) is 0 Å². The molecule has 2 heteroatoms. The molecule has 1 N–H and O–H groups in total.